The fraction of sp³-hybridized carbons (Fsp3) is 0.455. The van der Waals surface area contributed by atoms with Crippen LogP contribution in [0.15, 0.2) is 36.4 Å². The van der Waals surface area contributed by atoms with E-state index in [4.69, 9.17) is 14.3 Å². The maximum absolute atomic E-state index is 8.91. The zero-order valence-electron chi connectivity index (χ0n) is 16.3. The van der Waals surface area contributed by atoms with E-state index >= 15 is 0 Å². The normalized spacial score (nSPS) is 12.6. The van der Waals surface area contributed by atoms with E-state index in [1.165, 1.54) is 33.4 Å². The molecule has 142 valence electrons. The summed E-state index contributed by atoms with van der Waals surface area (Å²) in [5, 5.41) is 0. The second-order valence-corrected chi connectivity index (χ2v) is 8.14. The molecule has 2 rings (SSSR count). The summed E-state index contributed by atoms with van der Waals surface area (Å²) in [4.78, 5) is 17.8. The van der Waals surface area contributed by atoms with Gasteiger partial charge in [0.25, 0.3) is 0 Å². The Bertz CT molecular complexity index is 672. The lowest BCUT2D eigenvalue weighted by Crippen LogP contribution is -2.04. The van der Waals surface area contributed by atoms with Gasteiger partial charge in [-0.25, -0.2) is 0 Å². The molecule has 1 unspecified atom stereocenters. The van der Waals surface area contributed by atoms with Gasteiger partial charge in [-0.1, -0.05) is 58.7 Å². The van der Waals surface area contributed by atoms with Crippen LogP contribution in [0.3, 0.4) is 0 Å². The maximum Gasteiger partial charge on any atom is 0.327 e. The van der Waals surface area contributed by atoms with Crippen LogP contribution in [0.2, 0.25) is 0 Å². The quantitative estimate of drug-likeness (QED) is 0.441. The molecule has 0 spiro atoms. The molecule has 4 heteroatoms. The van der Waals surface area contributed by atoms with Crippen molar-refractivity contribution < 1.29 is 14.3 Å². The number of hydrogen-bond donors (Lipinski definition) is 2. The van der Waals surface area contributed by atoms with Crippen LogP contribution in [0.25, 0.3) is 0 Å². The van der Waals surface area contributed by atoms with Gasteiger partial charge in [0, 0.05) is 0 Å². The van der Waals surface area contributed by atoms with Crippen molar-refractivity contribution in [3.63, 3.8) is 0 Å². The zero-order chi connectivity index (χ0) is 19.1. The van der Waals surface area contributed by atoms with Crippen LogP contribution in [0.5, 0.6) is 0 Å². The summed E-state index contributed by atoms with van der Waals surface area (Å²) in [5.74, 6) is 0.446. The molecule has 0 fully saturated rings. The topological polar surface area (TPSA) is 49.7 Å². The number of aryl methyl sites for hydroxylation is 5. The first-order valence-corrected chi connectivity index (χ1v) is 10.5. The van der Waals surface area contributed by atoms with E-state index < -0.39 is 8.60 Å². The molecule has 1 atom stereocenters. The lowest BCUT2D eigenvalue weighted by Gasteiger charge is -2.19. The second-order valence-electron chi connectivity index (χ2n) is 7.38. The highest BCUT2D eigenvalue weighted by Gasteiger charge is 2.14. The van der Waals surface area contributed by atoms with Crippen molar-refractivity contribution in [2.45, 2.75) is 59.3 Å². The lowest BCUT2D eigenvalue weighted by molar-refractivity contribution is 0.246. The van der Waals surface area contributed by atoms with Crippen LogP contribution >= 0.6 is 8.60 Å². The lowest BCUT2D eigenvalue weighted by atomic mass is 9.87. The van der Waals surface area contributed by atoms with Crippen molar-refractivity contribution in [1.29, 1.82) is 0 Å². The van der Waals surface area contributed by atoms with Crippen molar-refractivity contribution in [3.05, 3.63) is 69.8 Å². The molecule has 0 aromatic heterocycles. The summed E-state index contributed by atoms with van der Waals surface area (Å²) < 4.78 is 4.95. The number of hydrogen-bond acceptors (Lipinski definition) is 3. The van der Waals surface area contributed by atoms with Gasteiger partial charge in [0.05, 0.1) is 6.61 Å². The molecular weight excluding hydrogens is 343 g/mol. The van der Waals surface area contributed by atoms with Gasteiger partial charge >= 0.3 is 8.60 Å². The first-order chi connectivity index (χ1) is 12.3. The van der Waals surface area contributed by atoms with Crippen molar-refractivity contribution in [2.75, 3.05) is 6.61 Å². The molecule has 0 aliphatic rings. The van der Waals surface area contributed by atoms with E-state index in [0.717, 1.165) is 25.7 Å². The third-order valence-electron chi connectivity index (χ3n) is 4.68. The van der Waals surface area contributed by atoms with Crippen molar-refractivity contribution in [2.24, 2.45) is 0 Å². The molecular formula is C22H31O3P. The fourth-order valence-electron chi connectivity index (χ4n) is 3.75. The minimum atomic E-state index is -2.25. The average molecular weight is 374 g/mol. The Hall–Kier alpha value is -1.25. The Balaban J connectivity index is 2.08. The SMILES string of the molecule is Cc1cc(C)cc(CCC(CCCOP(O)O)c2cc(C)cc(C)c2)c1. The minimum absolute atomic E-state index is 0.392. The van der Waals surface area contributed by atoms with Gasteiger partial charge in [0.1, 0.15) is 0 Å². The van der Waals surface area contributed by atoms with E-state index in [1.54, 1.807) is 0 Å². The third kappa shape index (κ3) is 7.17. The zero-order valence-corrected chi connectivity index (χ0v) is 17.2. The molecule has 0 heterocycles. The third-order valence-corrected chi connectivity index (χ3v) is 5.10. The first-order valence-electron chi connectivity index (χ1n) is 9.29. The minimum Gasteiger partial charge on any atom is -0.328 e. The molecule has 3 nitrogen and oxygen atoms in total. The largest absolute Gasteiger partial charge is 0.328 e. The molecule has 0 aliphatic carbocycles. The van der Waals surface area contributed by atoms with E-state index in [9.17, 15) is 0 Å². The van der Waals surface area contributed by atoms with Gasteiger partial charge in [0.15, 0.2) is 0 Å². The predicted octanol–water partition coefficient (Wildman–Crippen LogP) is 5.64. The molecule has 0 saturated heterocycles. The molecule has 2 aromatic carbocycles. The summed E-state index contributed by atoms with van der Waals surface area (Å²) in [5.41, 5.74) is 7.99. The molecule has 0 aliphatic heterocycles. The highest BCUT2D eigenvalue weighted by molar-refractivity contribution is 7.39. The fourth-order valence-corrected chi connectivity index (χ4v) is 4.05. The maximum atomic E-state index is 8.91. The van der Waals surface area contributed by atoms with Crippen LogP contribution in [-0.2, 0) is 10.9 Å². The van der Waals surface area contributed by atoms with Gasteiger partial charge < -0.3 is 14.3 Å². The Kier molecular flexibility index (Phi) is 8.24. The summed E-state index contributed by atoms with van der Waals surface area (Å²) in [6.45, 7) is 8.98. The molecule has 0 saturated carbocycles. The van der Waals surface area contributed by atoms with E-state index in [2.05, 4.69) is 64.1 Å². The second kappa shape index (κ2) is 10.2. The Labute approximate surface area is 159 Å². The highest BCUT2D eigenvalue weighted by atomic mass is 31.2. The van der Waals surface area contributed by atoms with E-state index in [1.807, 2.05) is 0 Å². The number of benzene rings is 2. The predicted molar refractivity (Wildman–Crippen MR) is 109 cm³/mol. The summed E-state index contributed by atoms with van der Waals surface area (Å²) >= 11 is 0. The van der Waals surface area contributed by atoms with E-state index in [-0.39, 0.29) is 0 Å². The first kappa shape index (κ1) is 21.1. The standard InChI is InChI=1S/C22H31O3P/c1-16-10-17(2)13-20(12-16)7-8-21(6-5-9-25-26(23)24)22-14-18(3)11-19(4)15-22/h10-15,21,23-24H,5-9H2,1-4H3. The van der Waals surface area contributed by atoms with Gasteiger partial charge in [-0.05, 0) is 70.4 Å². The summed E-state index contributed by atoms with van der Waals surface area (Å²) in [6, 6.07) is 13.5. The van der Waals surface area contributed by atoms with Gasteiger partial charge in [-0.2, -0.15) is 0 Å². The van der Waals surface area contributed by atoms with Crippen LogP contribution < -0.4 is 0 Å². The number of rotatable bonds is 9. The molecule has 2 N–H and O–H groups in total. The van der Waals surface area contributed by atoms with Gasteiger partial charge in [-0.15, -0.1) is 0 Å². The molecule has 0 radical (unpaired) electrons. The van der Waals surface area contributed by atoms with Crippen molar-refractivity contribution in [3.8, 4) is 0 Å². The summed E-state index contributed by atoms with van der Waals surface area (Å²) in [6.07, 6.45) is 3.94. The van der Waals surface area contributed by atoms with Gasteiger partial charge in [-0.3, -0.25) is 0 Å². The monoisotopic (exact) mass is 374 g/mol. The molecule has 0 amide bonds. The van der Waals surface area contributed by atoms with Crippen LogP contribution in [0.4, 0.5) is 0 Å². The van der Waals surface area contributed by atoms with Crippen molar-refractivity contribution >= 4 is 8.60 Å². The smallest absolute Gasteiger partial charge is 0.327 e. The van der Waals surface area contributed by atoms with Crippen LogP contribution in [-0.4, -0.2) is 16.4 Å². The Morgan fingerprint density at radius 3 is 1.88 bits per heavy atom. The van der Waals surface area contributed by atoms with Crippen LogP contribution in [0.1, 0.15) is 58.6 Å². The molecule has 2 aromatic rings. The Morgan fingerprint density at radius 1 is 0.808 bits per heavy atom. The van der Waals surface area contributed by atoms with Gasteiger partial charge in [0.2, 0.25) is 0 Å². The van der Waals surface area contributed by atoms with Crippen LogP contribution in [0, 0.1) is 27.7 Å². The summed E-state index contributed by atoms with van der Waals surface area (Å²) in [7, 11) is -2.25. The van der Waals surface area contributed by atoms with E-state index in [0.29, 0.717) is 12.5 Å². The molecule has 0 bridgehead atoms. The molecule has 26 heavy (non-hydrogen) atoms. The average Bonchev–Trinajstić information content (AvgIpc) is 2.52. The van der Waals surface area contributed by atoms with Crippen molar-refractivity contribution in [1.82, 2.24) is 0 Å². The highest BCUT2D eigenvalue weighted by Crippen LogP contribution is 2.30. The Morgan fingerprint density at radius 2 is 1.35 bits per heavy atom.